The van der Waals surface area contributed by atoms with Gasteiger partial charge in [0.05, 0.1) is 27.4 Å². The molecule has 0 atom stereocenters. The van der Waals surface area contributed by atoms with Crippen LogP contribution in [0.25, 0.3) is 11.1 Å². The van der Waals surface area contributed by atoms with Gasteiger partial charge in [-0.3, -0.25) is 0 Å². The number of aromatic nitrogens is 1. The van der Waals surface area contributed by atoms with E-state index in [1.807, 2.05) is 64.1 Å². The van der Waals surface area contributed by atoms with Crippen molar-refractivity contribution in [2.75, 3.05) is 44.6 Å². The number of nitrogens with zero attached hydrogens (tertiary/aromatic N) is 1. The Balaban J connectivity index is 0.00000274. The molecule has 0 fully saturated rings. The second-order valence-corrected chi connectivity index (χ2v) is 8.83. The van der Waals surface area contributed by atoms with Gasteiger partial charge in [-0.15, -0.1) is 0 Å². The van der Waals surface area contributed by atoms with Crippen molar-refractivity contribution in [2.45, 2.75) is 41.2 Å². The molecule has 1 aromatic heterocycles. The standard InChI is InChI=1S/C29H36N4O5.C2H6/c1-6-38-29(35)24-16-23(19-7-10-21(11-8-19)31-13-14-34)26(27(30)18(2)3)28(33-24)32-17-20-9-12-22(36-4)15-25(20)37-5;1-2/h7-12,15-16,18,30-31,34H,6,13-14,17H2,1-5H3,(H,32,33);1-2H3. The van der Waals surface area contributed by atoms with Gasteiger partial charge >= 0.3 is 5.97 Å². The normalized spacial score (nSPS) is 10.3. The predicted octanol–water partition coefficient (Wildman–Crippen LogP) is 6.01. The molecule has 40 heavy (non-hydrogen) atoms. The number of carbonyl (C=O) groups excluding carboxylic acids is 1. The molecule has 0 amide bonds. The number of carbonyl (C=O) groups is 1. The van der Waals surface area contributed by atoms with Crippen molar-refractivity contribution in [3.8, 4) is 22.6 Å². The van der Waals surface area contributed by atoms with Crippen LogP contribution in [0, 0.1) is 11.3 Å². The minimum absolute atomic E-state index is 0.0265. The number of ether oxygens (including phenoxy) is 3. The summed E-state index contributed by atoms with van der Waals surface area (Å²) in [5.41, 5.74) is 4.37. The highest BCUT2D eigenvalue weighted by Crippen LogP contribution is 2.33. The Morgan fingerprint density at radius 3 is 2.30 bits per heavy atom. The highest BCUT2D eigenvalue weighted by Gasteiger charge is 2.23. The van der Waals surface area contributed by atoms with Gasteiger partial charge in [-0.1, -0.05) is 39.8 Å². The molecule has 0 radical (unpaired) electrons. The number of nitrogens with one attached hydrogen (secondary N) is 3. The molecule has 9 nitrogen and oxygen atoms in total. The van der Waals surface area contributed by atoms with E-state index in [2.05, 4.69) is 15.6 Å². The van der Waals surface area contributed by atoms with Crippen molar-refractivity contribution in [1.29, 1.82) is 5.41 Å². The molecule has 3 aromatic rings. The zero-order valence-corrected chi connectivity index (χ0v) is 24.6. The molecule has 9 heteroatoms. The van der Waals surface area contributed by atoms with Crippen LogP contribution in [0.15, 0.2) is 48.5 Å². The van der Waals surface area contributed by atoms with Crippen molar-refractivity contribution in [3.05, 3.63) is 65.4 Å². The number of hydrogen-bond acceptors (Lipinski definition) is 9. The summed E-state index contributed by atoms with van der Waals surface area (Å²) in [6, 6.07) is 14.8. The zero-order valence-electron chi connectivity index (χ0n) is 24.6. The Labute approximate surface area is 237 Å². The molecule has 2 aromatic carbocycles. The summed E-state index contributed by atoms with van der Waals surface area (Å²) in [5, 5.41) is 24.5. The summed E-state index contributed by atoms with van der Waals surface area (Å²) >= 11 is 0. The van der Waals surface area contributed by atoms with Gasteiger partial charge in [0, 0.05) is 41.7 Å². The zero-order chi connectivity index (χ0) is 29.7. The molecule has 0 aliphatic heterocycles. The minimum atomic E-state index is -0.539. The van der Waals surface area contributed by atoms with E-state index in [1.165, 1.54) is 0 Å². The first-order valence-corrected chi connectivity index (χ1v) is 13.5. The van der Waals surface area contributed by atoms with Crippen LogP contribution < -0.4 is 20.1 Å². The van der Waals surface area contributed by atoms with Crippen molar-refractivity contribution < 1.29 is 24.1 Å². The molecule has 0 aliphatic carbocycles. The Bertz CT molecular complexity index is 1260. The predicted molar refractivity (Wildman–Crippen MR) is 161 cm³/mol. The van der Waals surface area contributed by atoms with Crippen LogP contribution in [0.2, 0.25) is 0 Å². The van der Waals surface area contributed by atoms with E-state index in [1.54, 1.807) is 33.3 Å². The molecule has 0 spiro atoms. The van der Waals surface area contributed by atoms with Crippen molar-refractivity contribution in [1.82, 2.24) is 4.98 Å². The molecule has 4 N–H and O–H groups in total. The van der Waals surface area contributed by atoms with Crippen LogP contribution >= 0.6 is 0 Å². The number of rotatable bonds is 13. The van der Waals surface area contributed by atoms with Crippen LogP contribution in [0.4, 0.5) is 11.5 Å². The van der Waals surface area contributed by atoms with Gasteiger partial charge in [0.15, 0.2) is 5.69 Å². The smallest absolute Gasteiger partial charge is 0.357 e. The monoisotopic (exact) mass is 550 g/mol. The molecule has 3 rings (SSSR count). The average Bonchev–Trinajstić information content (AvgIpc) is 2.99. The largest absolute Gasteiger partial charge is 0.497 e. The van der Waals surface area contributed by atoms with Gasteiger partial charge in [0.2, 0.25) is 0 Å². The number of esters is 1. The Hall–Kier alpha value is -4.11. The van der Waals surface area contributed by atoms with E-state index in [0.29, 0.717) is 47.2 Å². The molecule has 0 aliphatic rings. The molecular formula is C31H42N4O5. The fraction of sp³-hybridized carbons (Fsp3) is 0.387. The third-order valence-corrected chi connectivity index (χ3v) is 5.93. The molecular weight excluding hydrogens is 508 g/mol. The quantitative estimate of drug-likeness (QED) is 0.151. The van der Waals surface area contributed by atoms with Gasteiger partial charge < -0.3 is 35.4 Å². The Morgan fingerprint density at radius 1 is 1.02 bits per heavy atom. The van der Waals surface area contributed by atoms with Gasteiger partial charge in [-0.25, -0.2) is 9.78 Å². The maximum absolute atomic E-state index is 12.8. The minimum Gasteiger partial charge on any atom is -0.497 e. The second-order valence-electron chi connectivity index (χ2n) is 8.83. The van der Waals surface area contributed by atoms with Crippen LogP contribution in [-0.4, -0.2) is 55.7 Å². The third-order valence-electron chi connectivity index (χ3n) is 5.93. The average molecular weight is 551 g/mol. The summed E-state index contributed by atoms with van der Waals surface area (Å²) in [7, 11) is 3.19. The summed E-state index contributed by atoms with van der Waals surface area (Å²) < 4.78 is 16.1. The lowest BCUT2D eigenvalue weighted by Gasteiger charge is -2.20. The number of aliphatic hydroxyl groups is 1. The lowest BCUT2D eigenvalue weighted by Crippen LogP contribution is -2.18. The van der Waals surface area contributed by atoms with Gasteiger partial charge in [0.1, 0.15) is 17.3 Å². The number of hydrogen-bond donors (Lipinski definition) is 4. The van der Waals surface area contributed by atoms with Crippen LogP contribution in [0.1, 0.15) is 56.2 Å². The maximum Gasteiger partial charge on any atom is 0.357 e. The van der Waals surface area contributed by atoms with E-state index in [9.17, 15) is 4.79 Å². The first-order chi connectivity index (χ1) is 19.3. The van der Waals surface area contributed by atoms with Crippen molar-refractivity contribution in [2.24, 2.45) is 5.92 Å². The maximum atomic E-state index is 12.8. The van der Waals surface area contributed by atoms with E-state index < -0.39 is 5.97 Å². The van der Waals surface area contributed by atoms with E-state index in [4.69, 9.17) is 24.7 Å². The number of methoxy groups -OCH3 is 2. The molecule has 0 unspecified atom stereocenters. The van der Waals surface area contributed by atoms with Crippen molar-refractivity contribution >= 4 is 23.2 Å². The lowest BCUT2D eigenvalue weighted by molar-refractivity contribution is 0.0519. The Kier molecular flexibility index (Phi) is 12.9. The number of anilines is 2. The SMILES string of the molecule is CC.CCOC(=O)c1cc(-c2ccc(NCCO)cc2)c(C(=N)C(C)C)c(NCc2ccc(OC)cc2OC)n1. The van der Waals surface area contributed by atoms with Gasteiger partial charge in [-0.2, -0.15) is 0 Å². The molecule has 1 heterocycles. The summed E-state index contributed by atoms with van der Waals surface area (Å²) in [6.45, 7) is 10.7. The Morgan fingerprint density at radius 2 is 1.73 bits per heavy atom. The van der Waals surface area contributed by atoms with Crippen molar-refractivity contribution in [3.63, 3.8) is 0 Å². The van der Waals surface area contributed by atoms with Crippen LogP contribution in [0.3, 0.4) is 0 Å². The van der Waals surface area contributed by atoms with E-state index in [-0.39, 0.29) is 24.8 Å². The van der Waals surface area contributed by atoms with E-state index in [0.717, 1.165) is 16.8 Å². The molecule has 0 saturated heterocycles. The first kappa shape index (κ1) is 32.1. The van der Waals surface area contributed by atoms with Gasteiger partial charge in [0.25, 0.3) is 0 Å². The van der Waals surface area contributed by atoms with Crippen LogP contribution in [0.5, 0.6) is 11.5 Å². The fourth-order valence-electron chi connectivity index (χ4n) is 3.92. The number of pyridine rings is 1. The topological polar surface area (TPSA) is 126 Å². The summed E-state index contributed by atoms with van der Waals surface area (Å²) in [4.78, 5) is 17.4. The molecule has 0 bridgehead atoms. The summed E-state index contributed by atoms with van der Waals surface area (Å²) in [6.07, 6.45) is 0. The lowest BCUT2D eigenvalue weighted by atomic mass is 9.91. The van der Waals surface area contributed by atoms with Crippen LogP contribution in [-0.2, 0) is 11.3 Å². The number of aliphatic hydroxyl groups excluding tert-OH is 1. The fourth-order valence-corrected chi connectivity index (χ4v) is 3.92. The van der Waals surface area contributed by atoms with Gasteiger partial charge in [-0.05, 0) is 54.3 Å². The second kappa shape index (κ2) is 16.1. The first-order valence-electron chi connectivity index (χ1n) is 13.5. The molecule has 0 saturated carbocycles. The molecule has 216 valence electrons. The highest BCUT2D eigenvalue weighted by molar-refractivity contribution is 6.10. The van der Waals surface area contributed by atoms with E-state index >= 15 is 0 Å². The highest BCUT2D eigenvalue weighted by atomic mass is 16.5. The third kappa shape index (κ3) is 8.19. The summed E-state index contributed by atoms with van der Waals surface area (Å²) in [5.74, 6) is 1.09. The number of benzene rings is 2.